The third-order valence-corrected chi connectivity index (χ3v) is 4.18. The molecule has 1 aliphatic carbocycles. The molecule has 1 saturated heterocycles. The Morgan fingerprint density at radius 2 is 2.31 bits per heavy atom. The van der Waals surface area contributed by atoms with E-state index in [1.807, 2.05) is 0 Å². The predicted octanol–water partition coefficient (Wildman–Crippen LogP) is 2.04. The van der Waals surface area contributed by atoms with Crippen molar-refractivity contribution in [1.82, 2.24) is 0 Å². The van der Waals surface area contributed by atoms with Crippen LogP contribution in [0.4, 0.5) is 0 Å². The third-order valence-electron chi connectivity index (χ3n) is 3.11. The lowest BCUT2D eigenvalue weighted by atomic mass is 9.78. The maximum Gasteiger partial charge on any atom is 0.159 e. The van der Waals surface area contributed by atoms with E-state index in [4.69, 9.17) is 4.18 Å². The van der Waals surface area contributed by atoms with Crippen LogP contribution in [0, 0.1) is 11.8 Å². The monoisotopic (exact) mass is 200 g/mol. The summed E-state index contributed by atoms with van der Waals surface area (Å²) in [5.74, 6) is 1.74. The highest BCUT2D eigenvalue weighted by Gasteiger charge is 2.36. The van der Waals surface area contributed by atoms with Crippen molar-refractivity contribution in [2.75, 3.05) is 5.75 Å². The Morgan fingerprint density at radius 1 is 1.54 bits per heavy atom. The van der Waals surface area contributed by atoms with Gasteiger partial charge in [0.15, 0.2) is 11.1 Å². The van der Waals surface area contributed by atoms with Crippen molar-refractivity contribution >= 4 is 11.1 Å². The first-order chi connectivity index (χ1) is 6.16. The summed E-state index contributed by atoms with van der Waals surface area (Å²) in [7, 11) is 0. The second-order valence-corrected chi connectivity index (χ2v) is 5.35. The Hall–Kier alpha value is -0.150. The Labute approximate surface area is 82.0 Å². The van der Waals surface area contributed by atoms with Gasteiger partial charge in [0, 0.05) is 5.92 Å². The van der Waals surface area contributed by atoms with Crippen LogP contribution >= 0.6 is 0 Å². The van der Waals surface area contributed by atoms with Crippen LogP contribution in [0.5, 0.6) is 0 Å². The molecule has 0 amide bonds. The van der Waals surface area contributed by atoms with Gasteiger partial charge in [-0.05, 0) is 25.2 Å². The lowest BCUT2D eigenvalue weighted by Gasteiger charge is -2.38. The summed E-state index contributed by atoms with van der Waals surface area (Å²) in [5.41, 5.74) is 1.14. The smallest absolute Gasteiger partial charge is 0.159 e. The lowest BCUT2D eigenvalue weighted by Crippen LogP contribution is -2.38. The number of hydrogen-bond acceptors (Lipinski definition) is 2. The summed E-state index contributed by atoms with van der Waals surface area (Å²) < 4.78 is 16.7. The van der Waals surface area contributed by atoms with Crippen LogP contribution in [0.15, 0.2) is 12.2 Å². The fourth-order valence-corrected chi connectivity index (χ4v) is 3.41. The normalized spacial score (nSPS) is 45.8. The van der Waals surface area contributed by atoms with Crippen LogP contribution in [-0.4, -0.2) is 16.1 Å². The molecule has 2 aliphatic rings. The van der Waals surface area contributed by atoms with Crippen LogP contribution < -0.4 is 0 Å². The first kappa shape index (κ1) is 9.41. The van der Waals surface area contributed by atoms with Gasteiger partial charge in [0.25, 0.3) is 0 Å². The van der Waals surface area contributed by atoms with Gasteiger partial charge in [-0.2, -0.15) is 0 Å². The van der Waals surface area contributed by atoms with Crippen molar-refractivity contribution in [2.45, 2.75) is 32.3 Å². The highest BCUT2D eigenvalue weighted by molar-refractivity contribution is 7.80. The summed E-state index contributed by atoms with van der Waals surface area (Å²) >= 11 is -1.10. The summed E-state index contributed by atoms with van der Waals surface area (Å²) in [4.78, 5) is 0. The number of hydrogen-bond donors (Lipinski definition) is 0. The summed E-state index contributed by atoms with van der Waals surface area (Å²) in [5, 5.41) is 0. The molecule has 1 heterocycles. The molecule has 0 spiro atoms. The molecular weight excluding hydrogens is 184 g/mol. The molecule has 2 nitrogen and oxygen atoms in total. The molecule has 13 heavy (non-hydrogen) atoms. The van der Waals surface area contributed by atoms with E-state index in [-0.39, 0.29) is 6.10 Å². The molecule has 4 atom stereocenters. The minimum absolute atomic E-state index is 0.186. The zero-order valence-corrected chi connectivity index (χ0v) is 8.81. The third kappa shape index (κ3) is 1.86. The Morgan fingerprint density at radius 3 is 3.08 bits per heavy atom. The van der Waals surface area contributed by atoms with Crippen molar-refractivity contribution < 1.29 is 8.39 Å². The minimum atomic E-state index is -1.10. The molecule has 0 bridgehead atoms. The fraction of sp³-hybridized carbons (Fsp3) is 0.800. The maximum atomic E-state index is 11.3. The summed E-state index contributed by atoms with van der Waals surface area (Å²) in [6, 6.07) is 0. The first-order valence-electron chi connectivity index (χ1n) is 4.90. The van der Waals surface area contributed by atoms with Gasteiger partial charge in [0.1, 0.15) is 0 Å². The van der Waals surface area contributed by atoms with Crippen LogP contribution in [0.2, 0.25) is 0 Å². The van der Waals surface area contributed by atoms with Gasteiger partial charge in [-0.3, -0.25) is 4.18 Å². The van der Waals surface area contributed by atoms with Gasteiger partial charge >= 0.3 is 0 Å². The van der Waals surface area contributed by atoms with Gasteiger partial charge in [-0.15, -0.1) is 0 Å². The molecule has 1 saturated carbocycles. The zero-order chi connectivity index (χ0) is 9.42. The average molecular weight is 200 g/mol. The van der Waals surface area contributed by atoms with E-state index in [9.17, 15) is 4.21 Å². The standard InChI is InChI=1S/C10H16O2S/c1-7-3-4-9-8(2)6-13(11)12-10(9)5-7/h7,9-10H,2-6H2,1H3/t7-,9+,10-,13?/m1/s1. The number of rotatable bonds is 0. The van der Waals surface area contributed by atoms with Crippen LogP contribution in [0.3, 0.4) is 0 Å². The molecule has 0 aromatic heterocycles. The highest BCUT2D eigenvalue weighted by atomic mass is 32.2. The molecule has 74 valence electrons. The number of fused-ring (bicyclic) bond motifs is 1. The van der Waals surface area contributed by atoms with Crippen LogP contribution in [0.25, 0.3) is 0 Å². The first-order valence-corrected chi connectivity index (χ1v) is 6.14. The van der Waals surface area contributed by atoms with Crippen molar-refractivity contribution in [3.8, 4) is 0 Å². The summed E-state index contributed by atoms with van der Waals surface area (Å²) in [6.07, 6.45) is 3.67. The molecule has 2 fully saturated rings. The van der Waals surface area contributed by atoms with Crippen molar-refractivity contribution in [1.29, 1.82) is 0 Å². The molecule has 0 N–H and O–H groups in total. The van der Waals surface area contributed by atoms with E-state index in [0.29, 0.717) is 17.6 Å². The Balaban J connectivity index is 2.10. The molecule has 0 radical (unpaired) electrons. The maximum absolute atomic E-state index is 11.3. The lowest BCUT2D eigenvalue weighted by molar-refractivity contribution is 0.0927. The van der Waals surface area contributed by atoms with Crippen LogP contribution in [-0.2, 0) is 15.3 Å². The average Bonchev–Trinajstić information content (AvgIpc) is 2.02. The van der Waals surface area contributed by atoms with Gasteiger partial charge in [-0.25, -0.2) is 4.21 Å². The van der Waals surface area contributed by atoms with Gasteiger partial charge in [0.05, 0.1) is 11.9 Å². The van der Waals surface area contributed by atoms with Crippen LogP contribution in [0.1, 0.15) is 26.2 Å². The van der Waals surface area contributed by atoms with E-state index < -0.39 is 11.1 Å². The largest absolute Gasteiger partial charge is 0.286 e. The molecule has 0 aromatic carbocycles. The Kier molecular flexibility index (Phi) is 2.56. The van der Waals surface area contributed by atoms with Crippen molar-refractivity contribution in [3.05, 3.63) is 12.2 Å². The zero-order valence-electron chi connectivity index (χ0n) is 7.99. The van der Waals surface area contributed by atoms with Gasteiger partial charge in [0.2, 0.25) is 0 Å². The van der Waals surface area contributed by atoms with E-state index in [2.05, 4.69) is 13.5 Å². The van der Waals surface area contributed by atoms with E-state index in [0.717, 1.165) is 12.0 Å². The van der Waals surface area contributed by atoms with E-state index >= 15 is 0 Å². The second-order valence-electron chi connectivity index (χ2n) is 4.27. The Bertz CT molecular complexity index is 249. The molecule has 3 heteroatoms. The quantitative estimate of drug-likeness (QED) is 0.559. The predicted molar refractivity (Wildman–Crippen MR) is 53.5 cm³/mol. The van der Waals surface area contributed by atoms with E-state index in [1.54, 1.807) is 0 Å². The molecule has 1 unspecified atom stereocenters. The summed E-state index contributed by atoms with van der Waals surface area (Å²) in [6.45, 7) is 6.24. The highest BCUT2D eigenvalue weighted by Crippen LogP contribution is 2.38. The fourth-order valence-electron chi connectivity index (χ4n) is 2.33. The molecule has 2 rings (SSSR count). The van der Waals surface area contributed by atoms with Gasteiger partial charge in [-0.1, -0.05) is 19.1 Å². The SMILES string of the molecule is C=C1CS(=O)O[C@@H]2C[C@H](C)CC[C@@H]12. The van der Waals surface area contributed by atoms with Crippen molar-refractivity contribution in [2.24, 2.45) is 11.8 Å². The van der Waals surface area contributed by atoms with Crippen molar-refractivity contribution in [3.63, 3.8) is 0 Å². The van der Waals surface area contributed by atoms with Gasteiger partial charge < -0.3 is 0 Å². The molecule has 1 aliphatic heterocycles. The topological polar surface area (TPSA) is 26.3 Å². The molecular formula is C10H16O2S. The second kappa shape index (κ2) is 3.54. The molecule has 0 aromatic rings. The van der Waals surface area contributed by atoms with E-state index in [1.165, 1.54) is 12.8 Å². The minimum Gasteiger partial charge on any atom is -0.286 e.